The zero-order valence-electron chi connectivity index (χ0n) is 20.9. The van der Waals surface area contributed by atoms with Gasteiger partial charge in [0.25, 0.3) is 0 Å². The molecule has 0 N–H and O–H groups in total. The summed E-state index contributed by atoms with van der Waals surface area (Å²) in [5, 5.41) is 11.6. The normalized spacial score (nSPS) is 11.3. The third kappa shape index (κ3) is 18.2. The fourth-order valence-electron chi connectivity index (χ4n) is 4.57. The summed E-state index contributed by atoms with van der Waals surface area (Å²) in [7, 11) is 0. The lowest BCUT2D eigenvalue weighted by molar-refractivity contribution is -0.614. The number of hydrogen-bond acceptors (Lipinski definition) is 1. The van der Waals surface area contributed by atoms with Crippen LogP contribution >= 0.6 is 0 Å². The van der Waals surface area contributed by atoms with Crippen LogP contribution in [0.25, 0.3) is 0 Å². The highest BCUT2D eigenvalue weighted by molar-refractivity contribution is 4.97. The molecule has 2 nitrogen and oxygen atoms in total. The predicted octanol–water partition coefficient (Wildman–Crippen LogP) is 9.46. The quantitative estimate of drug-likeness (QED) is 0.0962. The number of hydrogen-bond donors (Lipinski definition) is 0. The zero-order chi connectivity index (χ0) is 22.2. The van der Waals surface area contributed by atoms with E-state index >= 15 is 0 Å². The molecule has 0 amide bonds. The molecule has 1 heterocycles. The van der Waals surface area contributed by atoms with Crippen LogP contribution in [0.5, 0.6) is 0 Å². The van der Waals surface area contributed by atoms with Crippen LogP contribution in [-0.4, -0.2) is 0 Å². The van der Waals surface area contributed by atoms with E-state index in [0.717, 1.165) is 23.3 Å². The van der Waals surface area contributed by atoms with Crippen molar-refractivity contribution in [2.45, 2.75) is 155 Å². The van der Waals surface area contributed by atoms with E-state index in [4.69, 9.17) is 0 Å². The molecule has 1 aromatic heterocycles. The van der Waals surface area contributed by atoms with Gasteiger partial charge in [-0.05, 0) is 6.42 Å². The molecule has 180 valence electrons. The Morgan fingerprint density at radius 3 is 1.23 bits per heavy atom. The zero-order valence-corrected chi connectivity index (χ0v) is 20.9. The minimum Gasteiger partial charge on any atom is -0.619 e. The molecular weight excluding hydrogens is 378 g/mol. The number of pyridine rings is 1. The summed E-state index contributed by atoms with van der Waals surface area (Å²) >= 11 is 0. The number of nitrogens with zero attached hydrogens (tertiary/aromatic N) is 1. The van der Waals surface area contributed by atoms with Gasteiger partial charge in [-0.1, -0.05) is 148 Å². The second-order valence-corrected chi connectivity index (χ2v) is 9.69. The predicted molar refractivity (Wildman–Crippen MR) is 136 cm³/mol. The summed E-state index contributed by atoms with van der Waals surface area (Å²) in [6.07, 6.45) is 33.7. The fourth-order valence-corrected chi connectivity index (χ4v) is 4.57. The van der Waals surface area contributed by atoms with Gasteiger partial charge in [-0.3, -0.25) is 0 Å². The smallest absolute Gasteiger partial charge is 0.192 e. The highest BCUT2D eigenvalue weighted by Crippen LogP contribution is 2.15. The van der Waals surface area contributed by atoms with Gasteiger partial charge < -0.3 is 5.21 Å². The molecular formula is C29H53NO. The number of rotatable bonds is 23. The Hall–Kier alpha value is -1.05. The average molecular weight is 432 g/mol. The van der Waals surface area contributed by atoms with Crippen LogP contribution in [0.2, 0.25) is 0 Å². The monoisotopic (exact) mass is 431 g/mol. The summed E-state index contributed by atoms with van der Waals surface area (Å²) in [6.45, 7) is 2.30. The maximum atomic E-state index is 11.6. The lowest BCUT2D eigenvalue weighted by atomic mass is 10.0. The molecule has 0 saturated carbocycles. The second-order valence-electron chi connectivity index (χ2n) is 9.69. The lowest BCUT2D eigenvalue weighted by Crippen LogP contribution is -2.30. The first kappa shape index (κ1) is 28.0. The van der Waals surface area contributed by atoms with Crippen molar-refractivity contribution in [3.63, 3.8) is 0 Å². The summed E-state index contributed by atoms with van der Waals surface area (Å²) in [4.78, 5) is 0. The van der Waals surface area contributed by atoms with E-state index in [-0.39, 0.29) is 0 Å². The standard InChI is InChI=1S/C29H53NO/c1-2-3-4-5-6-7-8-9-10-11-12-13-14-15-16-17-18-19-20-21-22-23-26-29-27-24-25-28-30(29)31/h24-25,27-28H,2-23,26H2,1H3. The maximum Gasteiger partial charge on any atom is 0.192 e. The molecule has 0 aliphatic heterocycles. The van der Waals surface area contributed by atoms with Gasteiger partial charge in [-0.15, -0.1) is 0 Å². The topological polar surface area (TPSA) is 26.9 Å². The highest BCUT2D eigenvalue weighted by atomic mass is 16.5. The van der Waals surface area contributed by atoms with E-state index in [1.54, 1.807) is 12.3 Å². The Morgan fingerprint density at radius 2 is 0.871 bits per heavy atom. The van der Waals surface area contributed by atoms with Gasteiger partial charge >= 0.3 is 0 Å². The Bertz CT molecular complexity index is 487. The van der Waals surface area contributed by atoms with Gasteiger partial charge in [-0.2, -0.15) is 4.73 Å². The Labute approximate surface area is 194 Å². The molecule has 0 atom stereocenters. The van der Waals surface area contributed by atoms with Gasteiger partial charge in [0.05, 0.1) is 0 Å². The first-order valence-electron chi connectivity index (χ1n) is 14.0. The molecule has 0 spiro atoms. The maximum absolute atomic E-state index is 11.6. The van der Waals surface area contributed by atoms with E-state index in [2.05, 4.69) is 6.92 Å². The van der Waals surface area contributed by atoms with Gasteiger partial charge in [0, 0.05) is 18.6 Å². The molecule has 0 radical (unpaired) electrons. The van der Waals surface area contributed by atoms with Crippen molar-refractivity contribution in [1.29, 1.82) is 0 Å². The van der Waals surface area contributed by atoms with Crippen molar-refractivity contribution < 1.29 is 4.73 Å². The molecule has 0 fully saturated rings. The highest BCUT2D eigenvalue weighted by Gasteiger charge is 2.02. The Balaban J connectivity index is 1.69. The molecule has 0 aliphatic carbocycles. The number of unbranched alkanes of at least 4 members (excludes halogenated alkanes) is 21. The summed E-state index contributed by atoms with van der Waals surface area (Å²) < 4.78 is 1.01. The van der Waals surface area contributed by atoms with Crippen molar-refractivity contribution in [2.24, 2.45) is 0 Å². The fraction of sp³-hybridized carbons (Fsp3) is 0.828. The van der Waals surface area contributed by atoms with Crippen LogP contribution < -0.4 is 4.73 Å². The molecule has 0 aromatic carbocycles. The molecule has 1 aromatic rings. The SMILES string of the molecule is CCCCCCCCCCCCCCCCCCCCCCCCc1cccc[n+]1[O-]. The van der Waals surface area contributed by atoms with Crippen LogP contribution in [0.1, 0.15) is 154 Å². The third-order valence-corrected chi connectivity index (χ3v) is 6.69. The Kier molecular flexibility index (Phi) is 20.0. The van der Waals surface area contributed by atoms with Crippen LogP contribution in [-0.2, 0) is 6.42 Å². The molecule has 0 aliphatic rings. The van der Waals surface area contributed by atoms with Crippen molar-refractivity contribution in [3.8, 4) is 0 Å². The van der Waals surface area contributed by atoms with Gasteiger partial charge in [0.2, 0.25) is 0 Å². The third-order valence-electron chi connectivity index (χ3n) is 6.69. The van der Waals surface area contributed by atoms with E-state index in [1.807, 2.05) is 12.1 Å². The van der Waals surface area contributed by atoms with Crippen LogP contribution in [0.15, 0.2) is 24.4 Å². The molecule has 2 heteroatoms. The van der Waals surface area contributed by atoms with Crippen LogP contribution in [0.4, 0.5) is 0 Å². The largest absolute Gasteiger partial charge is 0.619 e. The van der Waals surface area contributed by atoms with Gasteiger partial charge in [0.15, 0.2) is 11.9 Å². The van der Waals surface area contributed by atoms with Gasteiger partial charge in [0.1, 0.15) is 0 Å². The van der Waals surface area contributed by atoms with E-state index in [1.165, 1.54) is 135 Å². The molecule has 31 heavy (non-hydrogen) atoms. The minimum absolute atomic E-state index is 0.913. The van der Waals surface area contributed by atoms with E-state index in [9.17, 15) is 5.21 Å². The first-order valence-corrected chi connectivity index (χ1v) is 14.0. The van der Waals surface area contributed by atoms with Crippen molar-refractivity contribution in [2.75, 3.05) is 0 Å². The van der Waals surface area contributed by atoms with E-state index < -0.39 is 0 Å². The van der Waals surface area contributed by atoms with Crippen LogP contribution in [0.3, 0.4) is 0 Å². The summed E-state index contributed by atoms with van der Waals surface area (Å²) in [6, 6.07) is 5.71. The second kappa shape index (κ2) is 22.2. The van der Waals surface area contributed by atoms with Crippen molar-refractivity contribution in [3.05, 3.63) is 35.3 Å². The van der Waals surface area contributed by atoms with Gasteiger partial charge in [-0.25, -0.2) is 0 Å². The minimum atomic E-state index is 0.913. The molecule has 1 rings (SSSR count). The number of aromatic nitrogens is 1. The van der Waals surface area contributed by atoms with Crippen molar-refractivity contribution >= 4 is 0 Å². The van der Waals surface area contributed by atoms with Crippen LogP contribution in [0, 0.1) is 5.21 Å². The number of aryl methyl sites for hydroxylation is 1. The summed E-state index contributed by atoms with van der Waals surface area (Å²) in [5.41, 5.74) is 0.913. The molecule has 0 saturated heterocycles. The molecule has 0 bridgehead atoms. The van der Waals surface area contributed by atoms with E-state index in [0.29, 0.717) is 0 Å². The molecule has 0 unspecified atom stereocenters. The average Bonchev–Trinajstić information content (AvgIpc) is 2.78. The Morgan fingerprint density at radius 1 is 0.516 bits per heavy atom. The first-order chi connectivity index (χ1) is 15.3. The lowest BCUT2D eigenvalue weighted by Gasteiger charge is -2.05. The summed E-state index contributed by atoms with van der Waals surface area (Å²) in [5.74, 6) is 0. The van der Waals surface area contributed by atoms with Crippen molar-refractivity contribution in [1.82, 2.24) is 0 Å².